The Balaban J connectivity index is 1.64. The fraction of sp³-hybridized carbons (Fsp3) is 0.379. The van der Waals surface area contributed by atoms with Crippen molar-refractivity contribution in [3.8, 4) is 22.6 Å². The van der Waals surface area contributed by atoms with Gasteiger partial charge in [0.2, 0.25) is 0 Å². The molecule has 1 saturated heterocycles. The quantitative estimate of drug-likeness (QED) is 0.332. The Morgan fingerprint density at radius 1 is 1.05 bits per heavy atom. The van der Waals surface area contributed by atoms with Crippen molar-refractivity contribution in [1.82, 2.24) is 9.47 Å². The molecule has 1 aliphatic rings. The second-order valence-electron chi connectivity index (χ2n) is 10.2. The minimum absolute atomic E-state index is 0.0405. The number of nitrogens with zero attached hydrogens (tertiary/aromatic N) is 2. The van der Waals surface area contributed by atoms with Crippen LogP contribution in [0.4, 0.5) is 13.6 Å². The number of amides is 1. The van der Waals surface area contributed by atoms with Gasteiger partial charge in [-0.3, -0.25) is 0 Å². The molecular formula is C29H32F2N2O5. The van der Waals surface area contributed by atoms with Crippen LogP contribution in [-0.4, -0.2) is 47.3 Å². The first kappa shape index (κ1) is 27.2. The van der Waals surface area contributed by atoms with Crippen LogP contribution in [0.2, 0.25) is 0 Å². The van der Waals surface area contributed by atoms with Gasteiger partial charge in [-0.1, -0.05) is 25.1 Å². The fourth-order valence-corrected chi connectivity index (χ4v) is 4.66. The van der Waals surface area contributed by atoms with Crippen molar-refractivity contribution in [2.45, 2.75) is 52.2 Å². The van der Waals surface area contributed by atoms with Crippen LogP contribution in [0.25, 0.3) is 11.1 Å². The lowest BCUT2D eigenvalue weighted by Gasteiger charge is -2.24. The highest BCUT2D eigenvalue weighted by Gasteiger charge is 2.33. The molecular weight excluding hydrogens is 494 g/mol. The Labute approximate surface area is 220 Å². The van der Waals surface area contributed by atoms with Gasteiger partial charge >= 0.3 is 12.1 Å². The van der Waals surface area contributed by atoms with E-state index in [9.17, 15) is 18.4 Å². The van der Waals surface area contributed by atoms with Crippen molar-refractivity contribution in [2.24, 2.45) is 0 Å². The summed E-state index contributed by atoms with van der Waals surface area (Å²) in [6.07, 6.45) is 2.82. The van der Waals surface area contributed by atoms with E-state index in [1.54, 1.807) is 29.2 Å². The summed E-state index contributed by atoms with van der Waals surface area (Å²) in [6.45, 7) is 8.45. The summed E-state index contributed by atoms with van der Waals surface area (Å²) < 4.78 is 46.1. The predicted molar refractivity (Wildman–Crippen MR) is 138 cm³/mol. The van der Waals surface area contributed by atoms with Crippen LogP contribution < -0.4 is 4.74 Å². The van der Waals surface area contributed by atoms with E-state index in [-0.39, 0.29) is 17.9 Å². The zero-order chi connectivity index (χ0) is 27.6. The van der Waals surface area contributed by atoms with E-state index < -0.39 is 29.0 Å². The van der Waals surface area contributed by atoms with Gasteiger partial charge < -0.3 is 23.7 Å². The molecule has 2 heterocycles. The number of methoxy groups -OCH3 is 1. The Morgan fingerprint density at radius 3 is 2.29 bits per heavy atom. The van der Waals surface area contributed by atoms with Crippen molar-refractivity contribution in [1.29, 1.82) is 0 Å². The van der Waals surface area contributed by atoms with Crippen LogP contribution in [0, 0.1) is 11.6 Å². The topological polar surface area (TPSA) is 70.0 Å². The molecule has 3 aromatic rings. The van der Waals surface area contributed by atoms with Crippen molar-refractivity contribution in [2.75, 3.05) is 20.2 Å². The van der Waals surface area contributed by atoms with Crippen molar-refractivity contribution in [3.05, 3.63) is 71.6 Å². The number of carbonyl (C=O) groups excluding carboxylic acids is 2. The summed E-state index contributed by atoms with van der Waals surface area (Å²) in [5.74, 6) is -2.30. The molecule has 7 nitrogen and oxygen atoms in total. The first-order valence-corrected chi connectivity index (χ1v) is 12.5. The summed E-state index contributed by atoms with van der Waals surface area (Å²) in [5.41, 5.74) is 2.03. The van der Waals surface area contributed by atoms with Crippen LogP contribution in [0.1, 0.15) is 56.2 Å². The molecule has 9 heteroatoms. The zero-order valence-corrected chi connectivity index (χ0v) is 22.2. The number of carbonyl (C=O) groups is 2. The van der Waals surface area contributed by atoms with E-state index in [1.165, 1.54) is 13.2 Å². The number of halogens is 2. The van der Waals surface area contributed by atoms with Crippen LogP contribution in [0.3, 0.4) is 0 Å². The zero-order valence-electron chi connectivity index (χ0n) is 22.2. The Hall–Kier alpha value is -3.88. The molecule has 0 aliphatic carbocycles. The average molecular weight is 527 g/mol. The molecule has 0 radical (unpaired) electrons. The highest BCUT2D eigenvalue weighted by atomic mass is 19.1. The SMILES string of the molecule is CCc1c(C(=O)OC)c(-c2ccc(Oc3c(F)cccc3F)cc2)cn1[C@@H]1CCN(C(=O)OC(C)(C)C)C1. The highest BCUT2D eigenvalue weighted by molar-refractivity contribution is 5.99. The number of ether oxygens (including phenoxy) is 3. The van der Waals surface area contributed by atoms with E-state index in [2.05, 4.69) is 0 Å². The lowest BCUT2D eigenvalue weighted by atomic mass is 10.0. The lowest BCUT2D eigenvalue weighted by molar-refractivity contribution is 0.0288. The number of esters is 1. The van der Waals surface area contributed by atoms with Crippen molar-refractivity contribution < 1.29 is 32.6 Å². The van der Waals surface area contributed by atoms with Gasteiger partial charge in [-0.25, -0.2) is 18.4 Å². The third kappa shape index (κ3) is 5.66. The smallest absolute Gasteiger partial charge is 0.410 e. The normalized spacial score (nSPS) is 15.4. The highest BCUT2D eigenvalue weighted by Crippen LogP contribution is 2.36. The van der Waals surface area contributed by atoms with E-state index in [0.29, 0.717) is 42.6 Å². The van der Waals surface area contributed by atoms with E-state index >= 15 is 0 Å². The van der Waals surface area contributed by atoms with Crippen LogP contribution in [-0.2, 0) is 15.9 Å². The molecule has 1 amide bonds. The van der Waals surface area contributed by atoms with E-state index in [0.717, 1.165) is 17.8 Å². The molecule has 1 aliphatic heterocycles. The van der Waals surface area contributed by atoms with Gasteiger partial charge in [-0.15, -0.1) is 0 Å². The van der Waals surface area contributed by atoms with Gasteiger partial charge in [0, 0.05) is 30.5 Å². The second-order valence-corrected chi connectivity index (χ2v) is 10.2. The van der Waals surface area contributed by atoms with Crippen molar-refractivity contribution in [3.63, 3.8) is 0 Å². The molecule has 1 atom stereocenters. The van der Waals surface area contributed by atoms with Gasteiger partial charge in [0.05, 0.1) is 18.7 Å². The summed E-state index contributed by atoms with van der Waals surface area (Å²) >= 11 is 0. The van der Waals surface area contributed by atoms with Crippen LogP contribution in [0.15, 0.2) is 48.7 Å². The van der Waals surface area contributed by atoms with E-state index in [1.807, 2.05) is 38.5 Å². The first-order chi connectivity index (χ1) is 18.0. The predicted octanol–water partition coefficient (Wildman–Crippen LogP) is 6.76. The van der Waals surface area contributed by atoms with Gasteiger partial charge in [-0.2, -0.15) is 0 Å². The monoisotopic (exact) mass is 526 g/mol. The third-order valence-electron chi connectivity index (χ3n) is 6.37. The number of hydrogen-bond acceptors (Lipinski definition) is 5. The summed E-state index contributed by atoms with van der Waals surface area (Å²) in [7, 11) is 1.34. The van der Waals surface area contributed by atoms with Crippen LogP contribution >= 0.6 is 0 Å². The lowest BCUT2D eigenvalue weighted by Crippen LogP contribution is -2.35. The number of likely N-dealkylation sites (tertiary alicyclic amines) is 1. The molecule has 0 unspecified atom stereocenters. The Bertz CT molecular complexity index is 1310. The van der Waals surface area contributed by atoms with Gasteiger partial charge in [0.1, 0.15) is 11.4 Å². The molecule has 1 aromatic heterocycles. The number of para-hydroxylation sites is 1. The van der Waals surface area contributed by atoms with Gasteiger partial charge in [0.25, 0.3) is 0 Å². The molecule has 0 spiro atoms. The average Bonchev–Trinajstić information content (AvgIpc) is 3.50. The summed E-state index contributed by atoms with van der Waals surface area (Å²) in [6, 6.07) is 10.1. The number of aromatic nitrogens is 1. The molecule has 202 valence electrons. The Kier molecular flexibility index (Phi) is 7.76. The maximum absolute atomic E-state index is 14.0. The maximum atomic E-state index is 14.0. The minimum atomic E-state index is -0.802. The minimum Gasteiger partial charge on any atom is -0.465 e. The van der Waals surface area contributed by atoms with E-state index in [4.69, 9.17) is 14.2 Å². The molecule has 0 bridgehead atoms. The summed E-state index contributed by atoms with van der Waals surface area (Å²) in [5, 5.41) is 0. The third-order valence-corrected chi connectivity index (χ3v) is 6.37. The molecule has 4 rings (SSSR count). The largest absolute Gasteiger partial charge is 0.465 e. The molecule has 1 fully saturated rings. The molecule has 2 aromatic carbocycles. The number of hydrogen-bond donors (Lipinski definition) is 0. The van der Waals surface area contributed by atoms with Crippen LogP contribution in [0.5, 0.6) is 11.5 Å². The fourth-order valence-electron chi connectivity index (χ4n) is 4.66. The molecule has 0 saturated carbocycles. The number of rotatable bonds is 6. The number of benzene rings is 2. The standard InChI is InChI=1S/C29H32F2N2O5/c1-6-24-25(27(34)36-5)21(17-33(24)19-14-15-32(16-19)28(35)38-29(2,3)4)18-10-12-20(13-11-18)37-26-22(30)8-7-9-23(26)31/h7-13,17,19H,6,14-16H2,1-5H3/t19-/m1/s1. The van der Waals surface area contributed by atoms with Gasteiger partial charge in [-0.05, 0) is 63.4 Å². The molecule has 38 heavy (non-hydrogen) atoms. The van der Waals surface area contributed by atoms with Gasteiger partial charge in [0.15, 0.2) is 17.4 Å². The first-order valence-electron chi connectivity index (χ1n) is 12.5. The summed E-state index contributed by atoms with van der Waals surface area (Å²) in [4.78, 5) is 27.2. The molecule has 0 N–H and O–H groups in total. The Morgan fingerprint density at radius 2 is 1.71 bits per heavy atom. The maximum Gasteiger partial charge on any atom is 0.410 e. The van der Waals surface area contributed by atoms with Crippen molar-refractivity contribution >= 4 is 12.1 Å². The second kappa shape index (κ2) is 10.8.